The van der Waals surface area contributed by atoms with E-state index in [9.17, 15) is 14.0 Å². The van der Waals surface area contributed by atoms with Gasteiger partial charge in [-0.25, -0.2) is 9.18 Å². The van der Waals surface area contributed by atoms with Gasteiger partial charge in [-0.2, -0.15) is 0 Å². The first-order valence-electron chi connectivity index (χ1n) is 6.31. The van der Waals surface area contributed by atoms with Crippen LogP contribution in [-0.2, 0) is 0 Å². The zero-order chi connectivity index (χ0) is 15.6. The highest BCUT2D eigenvalue weighted by molar-refractivity contribution is 6.08. The van der Waals surface area contributed by atoms with Gasteiger partial charge in [0, 0.05) is 5.56 Å². The molecule has 0 unspecified atom stereocenters. The van der Waals surface area contributed by atoms with Gasteiger partial charge in [0.15, 0.2) is 0 Å². The second-order valence-electron chi connectivity index (χ2n) is 4.67. The molecule has 0 aliphatic rings. The first-order chi connectivity index (χ1) is 9.91. The summed E-state index contributed by atoms with van der Waals surface area (Å²) in [6.45, 7) is 3.67. The topological polar surface area (TPSA) is 66.4 Å². The first kappa shape index (κ1) is 14.7. The Hall–Kier alpha value is -2.69. The van der Waals surface area contributed by atoms with Gasteiger partial charge in [-0.3, -0.25) is 4.79 Å². The third-order valence-corrected chi connectivity index (χ3v) is 3.32. The monoisotopic (exact) mass is 287 g/mol. The molecule has 2 N–H and O–H groups in total. The van der Waals surface area contributed by atoms with Crippen LogP contribution in [0.15, 0.2) is 36.4 Å². The molecule has 0 atom stereocenters. The van der Waals surface area contributed by atoms with Crippen molar-refractivity contribution in [2.75, 3.05) is 5.32 Å². The van der Waals surface area contributed by atoms with Crippen LogP contribution in [0, 0.1) is 19.7 Å². The molecule has 21 heavy (non-hydrogen) atoms. The van der Waals surface area contributed by atoms with E-state index in [0.717, 1.165) is 17.2 Å². The Kier molecular flexibility index (Phi) is 4.03. The number of carboxylic acid groups (broad SMARTS) is 1. The molecule has 0 fully saturated rings. The lowest BCUT2D eigenvalue weighted by Gasteiger charge is -2.11. The molecule has 108 valence electrons. The predicted octanol–water partition coefficient (Wildman–Crippen LogP) is 3.39. The fourth-order valence-electron chi connectivity index (χ4n) is 2.03. The number of carboxylic acids is 1. The van der Waals surface area contributed by atoms with Crippen LogP contribution >= 0.6 is 0 Å². The maximum Gasteiger partial charge on any atom is 0.340 e. The van der Waals surface area contributed by atoms with Crippen molar-refractivity contribution in [3.8, 4) is 0 Å². The van der Waals surface area contributed by atoms with Crippen molar-refractivity contribution in [3.63, 3.8) is 0 Å². The average molecular weight is 287 g/mol. The summed E-state index contributed by atoms with van der Waals surface area (Å²) >= 11 is 0. The van der Waals surface area contributed by atoms with Crippen molar-refractivity contribution in [1.82, 2.24) is 0 Å². The Morgan fingerprint density at radius 2 is 1.76 bits per heavy atom. The number of benzene rings is 2. The number of nitrogens with one attached hydrogen (secondary N) is 1. The molecule has 0 saturated heterocycles. The minimum atomic E-state index is -1.43. The zero-order valence-corrected chi connectivity index (χ0v) is 11.6. The highest BCUT2D eigenvalue weighted by atomic mass is 19.1. The number of anilines is 1. The lowest BCUT2D eigenvalue weighted by atomic mass is 10.0. The number of carbonyl (C=O) groups is 2. The number of rotatable bonds is 3. The molecule has 1 amide bonds. The molecule has 2 aromatic rings. The summed E-state index contributed by atoms with van der Waals surface area (Å²) in [5, 5.41) is 11.5. The maximum atomic E-state index is 13.6. The highest BCUT2D eigenvalue weighted by Gasteiger charge is 2.18. The zero-order valence-electron chi connectivity index (χ0n) is 11.6. The summed E-state index contributed by atoms with van der Waals surface area (Å²) < 4.78 is 13.6. The van der Waals surface area contributed by atoms with E-state index in [1.165, 1.54) is 12.1 Å². The number of hydrogen-bond donors (Lipinski definition) is 2. The predicted molar refractivity (Wildman–Crippen MR) is 77.2 cm³/mol. The number of carbonyl (C=O) groups excluding carboxylic acids is 1. The second kappa shape index (κ2) is 5.75. The Bertz CT molecular complexity index is 725. The van der Waals surface area contributed by atoms with Crippen LogP contribution in [0.4, 0.5) is 10.1 Å². The van der Waals surface area contributed by atoms with Gasteiger partial charge in [0.25, 0.3) is 5.91 Å². The van der Waals surface area contributed by atoms with E-state index in [1.54, 1.807) is 19.1 Å². The number of hydrogen-bond acceptors (Lipinski definition) is 2. The fourth-order valence-corrected chi connectivity index (χ4v) is 2.03. The standard InChI is InChI=1S/C16H14FNO3/c1-9-5-3-6-11(10(9)2)15(19)18-13-8-4-7-12(17)14(13)16(20)21/h3-8H,1-2H3,(H,18,19)(H,20,21). The third-order valence-electron chi connectivity index (χ3n) is 3.32. The van der Waals surface area contributed by atoms with Crippen LogP contribution < -0.4 is 5.32 Å². The van der Waals surface area contributed by atoms with Crippen LogP contribution in [0.3, 0.4) is 0 Å². The summed E-state index contributed by atoms with van der Waals surface area (Å²) in [6.07, 6.45) is 0. The van der Waals surface area contributed by atoms with E-state index in [-0.39, 0.29) is 5.69 Å². The van der Waals surface area contributed by atoms with E-state index < -0.39 is 23.3 Å². The van der Waals surface area contributed by atoms with Gasteiger partial charge in [-0.05, 0) is 43.2 Å². The summed E-state index contributed by atoms with van der Waals surface area (Å²) in [6, 6.07) is 8.99. The van der Waals surface area contributed by atoms with Crippen molar-refractivity contribution in [2.45, 2.75) is 13.8 Å². The molecule has 0 radical (unpaired) electrons. The molecule has 5 heteroatoms. The van der Waals surface area contributed by atoms with E-state index in [4.69, 9.17) is 5.11 Å². The maximum absolute atomic E-state index is 13.6. The van der Waals surface area contributed by atoms with E-state index in [2.05, 4.69) is 5.32 Å². The third kappa shape index (κ3) is 2.91. The Morgan fingerprint density at radius 3 is 2.43 bits per heavy atom. The SMILES string of the molecule is Cc1cccc(C(=O)Nc2cccc(F)c2C(=O)O)c1C. The van der Waals surface area contributed by atoms with E-state index >= 15 is 0 Å². The largest absolute Gasteiger partial charge is 0.478 e. The normalized spacial score (nSPS) is 10.2. The Morgan fingerprint density at radius 1 is 1.10 bits per heavy atom. The first-order valence-corrected chi connectivity index (χ1v) is 6.31. The van der Waals surface area contributed by atoms with Gasteiger partial charge in [-0.15, -0.1) is 0 Å². The molecule has 0 aromatic heterocycles. The molecule has 2 rings (SSSR count). The van der Waals surface area contributed by atoms with Crippen molar-refractivity contribution in [3.05, 3.63) is 64.5 Å². The summed E-state index contributed by atoms with van der Waals surface area (Å²) in [4.78, 5) is 23.3. The van der Waals surface area contributed by atoms with Crippen LogP contribution in [0.1, 0.15) is 31.8 Å². The van der Waals surface area contributed by atoms with Crippen LogP contribution in [-0.4, -0.2) is 17.0 Å². The quantitative estimate of drug-likeness (QED) is 0.909. The highest BCUT2D eigenvalue weighted by Crippen LogP contribution is 2.21. The summed E-state index contributed by atoms with van der Waals surface area (Å²) in [7, 11) is 0. The van der Waals surface area contributed by atoms with Crippen LogP contribution in [0.2, 0.25) is 0 Å². The van der Waals surface area contributed by atoms with Crippen molar-refractivity contribution >= 4 is 17.6 Å². The molecule has 0 heterocycles. The Balaban J connectivity index is 2.39. The number of halogens is 1. The smallest absolute Gasteiger partial charge is 0.340 e. The molecule has 0 aliphatic heterocycles. The van der Waals surface area contributed by atoms with E-state index in [1.807, 2.05) is 13.0 Å². The van der Waals surface area contributed by atoms with Crippen LogP contribution in [0.5, 0.6) is 0 Å². The van der Waals surface area contributed by atoms with Crippen molar-refractivity contribution in [1.29, 1.82) is 0 Å². The minimum Gasteiger partial charge on any atom is -0.478 e. The lowest BCUT2D eigenvalue weighted by Crippen LogP contribution is -2.17. The molecule has 0 saturated carbocycles. The molecule has 0 bridgehead atoms. The van der Waals surface area contributed by atoms with E-state index in [0.29, 0.717) is 5.56 Å². The van der Waals surface area contributed by atoms with Gasteiger partial charge in [0.2, 0.25) is 0 Å². The second-order valence-corrected chi connectivity index (χ2v) is 4.67. The molecule has 0 aliphatic carbocycles. The van der Waals surface area contributed by atoms with Crippen LogP contribution in [0.25, 0.3) is 0 Å². The number of amides is 1. The molecule has 0 spiro atoms. The lowest BCUT2D eigenvalue weighted by molar-refractivity contribution is 0.0693. The molecular weight excluding hydrogens is 273 g/mol. The van der Waals surface area contributed by atoms with Crippen molar-refractivity contribution in [2.24, 2.45) is 0 Å². The molecule has 4 nitrogen and oxygen atoms in total. The number of aromatic carboxylic acids is 1. The fraction of sp³-hybridized carbons (Fsp3) is 0.125. The number of aryl methyl sites for hydroxylation is 1. The molecular formula is C16H14FNO3. The van der Waals surface area contributed by atoms with Gasteiger partial charge in [0.05, 0.1) is 5.69 Å². The summed E-state index contributed by atoms with van der Waals surface area (Å²) in [5.74, 6) is -2.78. The van der Waals surface area contributed by atoms with Gasteiger partial charge < -0.3 is 10.4 Å². The Labute approximate surface area is 121 Å². The summed E-state index contributed by atoms with van der Waals surface area (Å²) in [5.41, 5.74) is 1.56. The average Bonchev–Trinajstić information content (AvgIpc) is 2.41. The van der Waals surface area contributed by atoms with Gasteiger partial charge in [-0.1, -0.05) is 18.2 Å². The molecule has 2 aromatic carbocycles. The van der Waals surface area contributed by atoms with Gasteiger partial charge in [0.1, 0.15) is 11.4 Å². The van der Waals surface area contributed by atoms with Gasteiger partial charge >= 0.3 is 5.97 Å². The minimum absolute atomic E-state index is 0.0617. The van der Waals surface area contributed by atoms with Crippen molar-refractivity contribution < 1.29 is 19.1 Å².